The van der Waals surface area contributed by atoms with Crippen LogP contribution in [0.25, 0.3) is 11.6 Å². The standard InChI is InChI=1S/C13H18N4O3S/c1-8(2)6-17-9(3)5-10(16-17)12-14-15-13(20-12)21-7-11(18)19-4/h5,8H,6-7H2,1-4H3. The van der Waals surface area contributed by atoms with Gasteiger partial charge in [0.25, 0.3) is 11.1 Å². The molecule has 0 aliphatic rings. The molecule has 114 valence electrons. The summed E-state index contributed by atoms with van der Waals surface area (Å²) in [4.78, 5) is 11.1. The fourth-order valence-corrected chi connectivity index (χ4v) is 2.29. The summed E-state index contributed by atoms with van der Waals surface area (Å²) in [6, 6.07) is 1.91. The van der Waals surface area contributed by atoms with E-state index in [1.807, 2.05) is 17.7 Å². The minimum atomic E-state index is -0.336. The van der Waals surface area contributed by atoms with E-state index >= 15 is 0 Å². The third-order valence-electron chi connectivity index (χ3n) is 2.69. The van der Waals surface area contributed by atoms with E-state index in [4.69, 9.17) is 4.42 Å². The third-order valence-corrected chi connectivity index (χ3v) is 3.48. The highest BCUT2D eigenvalue weighted by atomic mass is 32.2. The summed E-state index contributed by atoms with van der Waals surface area (Å²) in [5.41, 5.74) is 1.69. The Morgan fingerprint density at radius 3 is 2.90 bits per heavy atom. The Hall–Kier alpha value is -1.83. The monoisotopic (exact) mass is 310 g/mol. The number of carbonyl (C=O) groups excluding carboxylic acids is 1. The summed E-state index contributed by atoms with van der Waals surface area (Å²) in [7, 11) is 1.34. The molecule has 0 spiro atoms. The van der Waals surface area contributed by atoms with Crippen LogP contribution in [0.2, 0.25) is 0 Å². The van der Waals surface area contributed by atoms with E-state index in [1.54, 1.807) is 0 Å². The Kier molecular flexibility index (Phi) is 5.00. The summed E-state index contributed by atoms with van der Waals surface area (Å²) in [5, 5.41) is 12.6. The van der Waals surface area contributed by atoms with Gasteiger partial charge in [-0.05, 0) is 18.9 Å². The van der Waals surface area contributed by atoms with Gasteiger partial charge in [0, 0.05) is 12.2 Å². The Balaban J connectivity index is 2.09. The number of aromatic nitrogens is 4. The Morgan fingerprint density at radius 1 is 1.48 bits per heavy atom. The van der Waals surface area contributed by atoms with Gasteiger partial charge in [0.2, 0.25) is 0 Å². The van der Waals surface area contributed by atoms with E-state index < -0.39 is 0 Å². The molecule has 21 heavy (non-hydrogen) atoms. The fourth-order valence-electron chi connectivity index (χ4n) is 1.70. The normalized spacial score (nSPS) is 11.1. The van der Waals surface area contributed by atoms with Gasteiger partial charge in [0.1, 0.15) is 11.4 Å². The molecule has 0 aromatic carbocycles. The third kappa shape index (κ3) is 4.07. The van der Waals surface area contributed by atoms with Crippen LogP contribution in [0.5, 0.6) is 0 Å². The van der Waals surface area contributed by atoms with Crippen molar-refractivity contribution >= 4 is 17.7 Å². The predicted octanol–water partition coefficient (Wildman–Crippen LogP) is 2.16. The number of thioether (sulfide) groups is 1. The number of hydrogen-bond donors (Lipinski definition) is 0. The van der Waals surface area contributed by atoms with Gasteiger partial charge in [0.05, 0.1) is 7.11 Å². The molecule has 0 aliphatic carbocycles. The van der Waals surface area contributed by atoms with E-state index in [1.165, 1.54) is 7.11 Å². The van der Waals surface area contributed by atoms with Crippen molar-refractivity contribution in [2.24, 2.45) is 5.92 Å². The highest BCUT2D eigenvalue weighted by molar-refractivity contribution is 7.99. The van der Waals surface area contributed by atoms with Crippen molar-refractivity contribution in [3.63, 3.8) is 0 Å². The molecule has 0 aliphatic heterocycles. The second kappa shape index (κ2) is 6.75. The average Bonchev–Trinajstić information content (AvgIpc) is 3.03. The van der Waals surface area contributed by atoms with Crippen molar-refractivity contribution in [3.05, 3.63) is 11.8 Å². The molecule has 2 heterocycles. The highest BCUT2D eigenvalue weighted by Gasteiger charge is 2.15. The van der Waals surface area contributed by atoms with Gasteiger partial charge in [-0.2, -0.15) is 5.10 Å². The molecule has 2 aromatic rings. The first-order chi connectivity index (χ1) is 9.99. The van der Waals surface area contributed by atoms with Crippen molar-refractivity contribution in [3.8, 4) is 11.6 Å². The highest BCUT2D eigenvalue weighted by Crippen LogP contribution is 2.23. The lowest BCUT2D eigenvalue weighted by atomic mass is 10.2. The quantitative estimate of drug-likeness (QED) is 0.597. The van der Waals surface area contributed by atoms with Crippen molar-refractivity contribution in [1.29, 1.82) is 0 Å². The number of esters is 1. The Labute approximate surface area is 127 Å². The van der Waals surface area contributed by atoms with Gasteiger partial charge in [-0.1, -0.05) is 25.6 Å². The lowest BCUT2D eigenvalue weighted by Gasteiger charge is -2.06. The van der Waals surface area contributed by atoms with Crippen LogP contribution in [0.1, 0.15) is 19.5 Å². The average molecular weight is 310 g/mol. The van der Waals surface area contributed by atoms with Gasteiger partial charge in [0.15, 0.2) is 0 Å². The van der Waals surface area contributed by atoms with Crippen LogP contribution in [-0.2, 0) is 16.1 Å². The first-order valence-electron chi connectivity index (χ1n) is 6.57. The molecule has 0 amide bonds. The minimum absolute atomic E-state index is 0.138. The molecule has 0 unspecified atom stereocenters. The van der Waals surface area contributed by atoms with Crippen LogP contribution >= 0.6 is 11.8 Å². The maximum Gasteiger partial charge on any atom is 0.316 e. The molecule has 0 bridgehead atoms. The fraction of sp³-hybridized carbons (Fsp3) is 0.538. The lowest BCUT2D eigenvalue weighted by Crippen LogP contribution is -2.07. The molecule has 0 saturated carbocycles. The van der Waals surface area contributed by atoms with Crippen LogP contribution < -0.4 is 0 Å². The second-order valence-electron chi connectivity index (χ2n) is 4.98. The van der Waals surface area contributed by atoms with Crippen LogP contribution in [0.15, 0.2) is 15.7 Å². The predicted molar refractivity (Wildman–Crippen MR) is 77.8 cm³/mol. The van der Waals surface area contributed by atoms with Gasteiger partial charge in [-0.15, -0.1) is 10.2 Å². The number of hydrogen-bond acceptors (Lipinski definition) is 7. The topological polar surface area (TPSA) is 83.0 Å². The summed E-state index contributed by atoms with van der Waals surface area (Å²) in [6.07, 6.45) is 0. The molecule has 0 fully saturated rings. The summed E-state index contributed by atoms with van der Waals surface area (Å²) in [6.45, 7) is 7.09. The SMILES string of the molecule is COC(=O)CSc1nnc(-c2cc(C)n(CC(C)C)n2)o1. The second-order valence-corrected chi connectivity index (χ2v) is 5.91. The van der Waals surface area contributed by atoms with Crippen molar-refractivity contribution in [1.82, 2.24) is 20.0 Å². The van der Waals surface area contributed by atoms with E-state index in [-0.39, 0.29) is 11.7 Å². The molecule has 2 rings (SSSR count). The maximum absolute atomic E-state index is 11.1. The van der Waals surface area contributed by atoms with Gasteiger partial charge < -0.3 is 9.15 Å². The van der Waals surface area contributed by atoms with Gasteiger partial charge >= 0.3 is 5.97 Å². The zero-order chi connectivity index (χ0) is 15.4. The number of rotatable bonds is 6. The van der Waals surface area contributed by atoms with E-state index in [9.17, 15) is 4.79 Å². The van der Waals surface area contributed by atoms with E-state index in [0.717, 1.165) is 24.0 Å². The maximum atomic E-state index is 11.1. The molecule has 8 heteroatoms. The molecule has 0 radical (unpaired) electrons. The van der Waals surface area contributed by atoms with E-state index in [0.29, 0.717) is 22.7 Å². The summed E-state index contributed by atoms with van der Waals surface area (Å²) >= 11 is 1.14. The smallest absolute Gasteiger partial charge is 0.316 e. The number of methoxy groups -OCH3 is 1. The molecule has 7 nitrogen and oxygen atoms in total. The first kappa shape index (κ1) is 15.6. The van der Waals surface area contributed by atoms with Crippen LogP contribution in [0, 0.1) is 12.8 Å². The summed E-state index contributed by atoms with van der Waals surface area (Å²) in [5.74, 6) is 0.661. The molecule has 2 aromatic heterocycles. The minimum Gasteiger partial charge on any atom is -0.468 e. The molecule has 0 saturated heterocycles. The van der Waals surface area contributed by atoms with E-state index in [2.05, 4.69) is 33.9 Å². The Bertz CT molecular complexity index is 621. The van der Waals surface area contributed by atoms with Crippen LogP contribution in [0.4, 0.5) is 0 Å². The van der Waals surface area contributed by atoms with Crippen molar-refractivity contribution in [2.45, 2.75) is 32.5 Å². The van der Waals surface area contributed by atoms with Crippen molar-refractivity contribution in [2.75, 3.05) is 12.9 Å². The summed E-state index contributed by atoms with van der Waals surface area (Å²) < 4.78 is 12.0. The first-order valence-corrected chi connectivity index (χ1v) is 7.56. The van der Waals surface area contributed by atoms with Crippen LogP contribution in [0.3, 0.4) is 0 Å². The Morgan fingerprint density at radius 2 is 2.24 bits per heavy atom. The number of aryl methyl sites for hydroxylation is 1. The van der Waals surface area contributed by atoms with Crippen LogP contribution in [-0.4, -0.2) is 38.8 Å². The molecular weight excluding hydrogens is 292 g/mol. The van der Waals surface area contributed by atoms with Crippen molar-refractivity contribution < 1.29 is 13.9 Å². The van der Waals surface area contributed by atoms with Gasteiger partial charge in [-0.3, -0.25) is 9.48 Å². The molecule has 0 N–H and O–H groups in total. The van der Waals surface area contributed by atoms with Gasteiger partial charge in [-0.25, -0.2) is 0 Å². The number of carbonyl (C=O) groups is 1. The molecule has 0 atom stereocenters. The lowest BCUT2D eigenvalue weighted by molar-refractivity contribution is -0.137. The zero-order valence-corrected chi connectivity index (χ0v) is 13.3. The largest absolute Gasteiger partial charge is 0.468 e. The number of ether oxygens (including phenoxy) is 1. The zero-order valence-electron chi connectivity index (χ0n) is 12.5. The molecular formula is C13H18N4O3S. The number of nitrogens with zero attached hydrogens (tertiary/aromatic N) is 4.